The summed E-state index contributed by atoms with van der Waals surface area (Å²) in [6, 6.07) is 0. The van der Waals surface area contributed by atoms with Gasteiger partial charge in [-0.25, -0.2) is 4.52 Å². The summed E-state index contributed by atoms with van der Waals surface area (Å²) in [6.45, 7) is 6.08. The van der Waals surface area contributed by atoms with Crippen LogP contribution in [-0.4, -0.2) is 14.6 Å². The third-order valence-corrected chi connectivity index (χ3v) is 3.11. The van der Waals surface area contributed by atoms with Crippen LogP contribution in [0, 0.1) is 24.5 Å². The summed E-state index contributed by atoms with van der Waals surface area (Å²) in [5.74, 6) is 0. The van der Waals surface area contributed by atoms with E-state index < -0.39 is 0 Å². The Morgan fingerprint density at radius 3 is 2.69 bits per heavy atom. The van der Waals surface area contributed by atoms with Gasteiger partial charge >= 0.3 is 0 Å². The van der Waals surface area contributed by atoms with Gasteiger partial charge in [-0.15, -0.1) is 0 Å². The summed E-state index contributed by atoms with van der Waals surface area (Å²) in [5, 5.41) is 4.40. The summed E-state index contributed by atoms with van der Waals surface area (Å²) in [6.07, 6.45) is 1.96. The molecule has 0 amide bonds. The lowest BCUT2D eigenvalue weighted by Gasteiger charge is -1.99. The smallest absolute Gasteiger partial charge is 0.127 e. The Morgan fingerprint density at radius 2 is 2.00 bits per heavy atom. The second-order valence-corrected chi connectivity index (χ2v) is 4.20. The molecular formula is C9H10IN3. The van der Waals surface area contributed by atoms with Crippen LogP contribution in [0.15, 0.2) is 6.20 Å². The first-order valence-electron chi connectivity index (χ1n) is 4.08. The second kappa shape index (κ2) is 2.94. The van der Waals surface area contributed by atoms with Gasteiger partial charge in [-0.2, -0.15) is 5.10 Å². The number of fused-ring (bicyclic) bond motifs is 1. The van der Waals surface area contributed by atoms with Gasteiger partial charge in [-0.05, 0) is 43.4 Å². The largest absolute Gasteiger partial charge is 0.255 e. The Morgan fingerprint density at radius 1 is 1.31 bits per heavy atom. The molecule has 3 nitrogen and oxygen atoms in total. The Kier molecular flexibility index (Phi) is 2.02. The number of aryl methyl sites for hydroxylation is 3. The van der Waals surface area contributed by atoms with Crippen LogP contribution >= 0.6 is 22.6 Å². The maximum absolute atomic E-state index is 4.41. The molecule has 13 heavy (non-hydrogen) atoms. The maximum atomic E-state index is 4.41. The van der Waals surface area contributed by atoms with Gasteiger partial charge in [0.05, 0.1) is 23.1 Å². The Hall–Kier alpha value is -0.650. The average molecular weight is 287 g/mol. The van der Waals surface area contributed by atoms with Crippen molar-refractivity contribution in [3.05, 3.63) is 26.8 Å². The van der Waals surface area contributed by atoms with Crippen LogP contribution < -0.4 is 0 Å². The summed E-state index contributed by atoms with van der Waals surface area (Å²) >= 11 is 2.25. The summed E-state index contributed by atoms with van der Waals surface area (Å²) in [5.41, 5.74) is 4.40. The van der Waals surface area contributed by atoms with Crippen molar-refractivity contribution in [3.8, 4) is 0 Å². The molecule has 0 aliphatic heterocycles. The fourth-order valence-electron chi connectivity index (χ4n) is 1.54. The molecule has 0 bridgehead atoms. The third-order valence-electron chi connectivity index (χ3n) is 2.09. The monoisotopic (exact) mass is 287 g/mol. The van der Waals surface area contributed by atoms with Crippen LogP contribution in [0.3, 0.4) is 0 Å². The van der Waals surface area contributed by atoms with Gasteiger partial charge in [-0.1, -0.05) is 0 Å². The molecule has 0 atom stereocenters. The molecule has 0 aromatic carbocycles. The minimum atomic E-state index is 1.00. The first-order valence-corrected chi connectivity index (χ1v) is 5.16. The predicted molar refractivity (Wildman–Crippen MR) is 59.9 cm³/mol. The number of hydrogen-bond donors (Lipinski definition) is 0. The molecule has 0 spiro atoms. The normalized spacial score (nSPS) is 11.1. The zero-order valence-corrected chi connectivity index (χ0v) is 9.95. The van der Waals surface area contributed by atoms with Crippen molar-refractivity contribution >= 4 is 28.1 Å². The maximum Gasteiger partial charge on any atom is 0.127 e. The quantitative estimate of drug-likeness (QED) is 0.696. The van der Waals surface area contributed by atoms with E-state index in [9.17, 15) is 0 Å². The van der Waals surface area contributed by atoms with Crippen molar-refractivity contribution in [2.75, 3.05) is 0 Å². The zero-order chi connectivity index (χ0) is 9.59. The highest BCUT2D eigenvalue weighted by Gasteiger charge is 2.09. The summed E-state index contributed by atoms with van der Waals surface area (Å²) < 4.78 is 2.96. The van der Waals surface area contributed by atoms with E-state index in [-0.39, 0.29) is 0 Å². The molecular weight excluding hydrogens is 277 g/mol. The van der Waals surface area contributed by atoms with Gasteiger partial charge in [0, 0.05) is 5.56 Å². The van der Waals surface area contributed by atoms with Crippen LogP contribution in [0.1, 0.15) is 17.0 Å². The van der Waals surface area contributed by atoms with Crippen molar-refractivity contribution in [2.24, 2.45) is 0 Å². The van der Waals surface area contributed by atoms with Gasteiger partial charge in [0.15, 0.2) is 0 Å². The van der Waals surface area contributed by atoms with E-state index in [1.54, 1.807) is 0 Å². The van der Waals surface area contributed by atoms with E-state index in [4.69, 9.17) is 0 Å². The van der Waals surface area contributed by atoms with Crippen molar-refractivity contribution < 1.29 is 0 Å². The van der Waals surface area contributed by atoms with Gasteiger partial charge in [0.25, 0.3) is 0 Å². The van der Waals surface area contributed by atoms with E-state index in [1.165, 1.54) is 5.56 Å². The molecule has 4 heteroatoms. The third kappa shape index (κ3) is 1.33. The molecule has 2 heterocycles. The van der Waals surface area contributed by atoms with Crippen molar-refractivity contribution in [1.29, 1.82) is 0 Å². The minimum absolute atomic E-state index is 1.00. The first kappa shape index (κ1) is 8.93. The average Bonchev–Trinajstić information content (AvgIpc) is 2.27. The molecule has 0 saturated heterocycles. The highest BCUT2D eigenvalue weighted by atomic mass is 127. The van der Waals surface area contributed by atoms with Crippen LogP contribution in [0.2, 0.25) is 0 Å². The highest BCUT2D eigenvalue weighted by Crippen LogP contribution is 2.18. The molecule has 2 rings (SSSR count). The van der Waals surface area contributed by atoms with Crippen LogP contribution in [-0.2, 0) is 0 Å². The van der Waals surface area contributed by atoms with Gasteiger partial charge in [0.2, 0.25) is 0 Å². The molecule has 0 aliphatic rings. The van der Waals surface area contributed by atoms with Crippen molar-refractivity contribution in [3.63, 3.8) is 0 Å². The van der Waals surface area contributed by atoms with Crippen LogP contribution in [0.5, 0.6) is 0 Å². The number of halogens is 1. The van der Waals surface area contributed by atoms with Gasteiger partial charge in [-0.3, -0.25) is 4.98 Å². The topological polar surface area (TPSA) is 30.2 Å². The number of aromatic nitrogens is 3. The van der Waals surface area contributed by atoms with Crippen molar-refractivity contribution in [2.45, 2.75) is 20.8 Å². The fraction of sp³-hybridized carbons (Fsp3) is 0.333. The van der Waals surface area contributed by atoms with E-state index in [2.05, 4.69) is 39.6 Å². The first-order chi connectivity index (χ1) is 6.09. The lowest BCUT2D eigenvalue weighted by Crippen LogP contribution is -1.95. The molecule has 0 fully saturated rings. The molecule has 0 aliphatic carbocycles. The number of nitrogens with zero attached hydrogens (tertiary/aromatic N) is 3. The molecule has 2 aromatic rings. The van der Waals surface area contributed by atoms with Crippen LogP contribution in [0.25, 0.3) is 5.52 Å². The van der Waals surface area contributed by atoms with Crippen LogP contribution in [0.4, 0.5) is 0 Å². The molecule has 0 radical (unpaired) electrons. The standard InChI is InChI=1S/C9H10IN3/c1-5-4-13-8(7(3)11-5)6(2)9(10)12-13/h4H,1-3H3. The lowest BCUT2D eigenvalue weighted by molar-refractivity contribution is 0.904. The van der Waals surface area contributed by atoms with E-state index in [0.29, 0.717) is 0 Å². The molecule has 2 aromatic heterocycles. The summed E-state index contributed by atoms with van der Waals surface area (Å²) in [7, 11) is 0. The fourth-order valence-corrected chi connectivity index (χ4v) is 2.03. The predicted octanol–water partition coefficient (Wildman–Crippen LogP) is 2.26. The molecule has 68 valence electrons. The van der Waals surface area contributed by atoms with E-state index in [1.807, 2.05) is 24.6 Å². The zero-order valence-electron chi connectivity index (χ0n) is 7.80. The number of rotatable bonds is 0. The molecule has 0 N–H and O–H groups in total. The highest BCUT2D eigenvalue weighted by molar-refractivity contribution is 14.1. The van der Waals surface area contributed by atoms with E-state index >= 15 is 0 Å². The lowest BCUT2D eigenvalue weighted by atomic mass is 10.2. The Labute approximate surface area is 90.3 Å². The Balaban J connectivity index is 2.94. The molecule has 0 saturated carbocycles. The number of hydrogen-bond acceptors (Lipinski definition) is 2. The van der Waals surface area contributed by atoms with Gasteiger partial charge < -0.3 is 0 Å². The summed E-state index contributed by atoms with van der Waals surface area (Å²) in [4.78, 5) is 4.41. The van der Waals surface area contributed by atoms with Crippen molar-refractivity contribution in [1.82, 2.24) is 14.6 Å². The van der Waals surface area contributed by atoms with Gasteiger partial charge in [0.1, 0.15) is 3.70 Å². The Bertz CT molecular complexity index is 473. The molecule has 0 unspecified atom stereocenters. The SMILES string of the molecule is Cc1cn2nc(I)c(C)c2c(C)n1. The minimum Gasteiger partial charge on any atom is -0.255 e. The second-order valence-electron chi connectivity index (χ2n) is 3.18. The van der Waals surface area contributed by atoms with E-state index in [0.717, 1.165) is 20.6 Å².